The van der Waals surface area contributed by atoms with Crippen molar-refractivity contribution in [2.45, 2.75) is 51.7 Å². The van der Waals surface area contributed by atoms with Crippen LogP contribution in [0.4, 0.5) is 0 Å². The average Bonchev–Trinajstić information content (AvgIpc) is 3.28. The zero-order valence-corrected chi connectivity index (χ0v) is 16.3. The van der Waals surface area contributed by atoms with Gasteiger partial charge < -0.3 is 19.9 Å². The molecule has 0 aromatic heterocycles. The van der Waals surface area contributed by atoms with Crippen molar-refractivity contribution in [3.8, 4) is 11.5 Å². The second-order valence-corrected chi connectivity index (χ2v) is 7.91. The third kappa shape index (κ3) is 4.60. The van der Waals surface area contributed by atoms with Gasteiger partial charge in [0.2, 0.25) is 0 Å². The summed E-state index contributed by atoms with van der Waals surface area (Å²) < 4.78 is 11.2. The maximum Gasteiger partial charge on any atom is 0.161 e. The standard InChI is InChI=1S/C22H33NO3/c1-4-5-16-7-9-21(22(12-16)25-3)26-14-19(24)13-23-15(2)20-11-17-6-8-18(20)10-17/h4-5,7,9,12,15,17-20,23-24H,6,8,10-11,13-14H2,1-3H3. The molecule has 0 aliphatic heterocycles. The first-order valence-corrected chi connectivity index (χ1v) is 9.95. The van der Waals surface area contributed by atoms with E-state index >= 15 is 0 Å². The Morgan fingerprint density at radius 2 is 2.12 bits per heavy atom. The lowest BCUT2D eigenvalue weighted by atomic mass is 9.84. The van der Waals surface area contributed by atoms with Gasteiger partial charge in [-0.2, -0.15) is 0 Å². The molecule has 144 valence electrons. The number of rotatable bonds is 9. The van der Waals surface area contributed by atoms with Crippen LogP contribution in [0.1, 0.15) is 45.1 Å². The maximum absolute atomic E-state index is 10.3. The number of allylic oxidation sites excluding steroid dienone is 1. The summed E-state index contributed by atoms with van der Waals surface area (Å²) in [6.07, 6.45) is 9.09. The molecule has 2 aliphatic rings. The summed E-state index contributed by atoms with van der Waals surface area (Å²) in [5, 5.41) is 13.8. The van der Waals surface area contributed by atoms with Crippen molar-refractivity contribution in [2.24, 2.45) is 17.8 Å². The zero-order valence-electron chi connectivity index (χ0n) is 16.3. The first-order valence-electron chi connectivity index (χ1n) is 9.95. The Hall–Kier alpha value is -1.52. The monoisotopic (exact) mass is 359 g/mol. The Bertz CT molecular complexity index is 615. The van der Waals surface area contributed by atoms with Crippen molar-refractivity contribution >= 4 is 6.08 Å². The quantitative estimate of drug-likeness (QED) is 0.702. The Labute approximate surface area is 157 Å². The molecule has 5 unspecified atom stereocenters. The number of methoxy groups -OCH3 is 1. The minimum atomic E-state index is -0.532. The average molecular weight is 360 g/mol. The maximum atomic E-state index is 10.3. The van der Waals surface area contributed by atoms with Gasteiger partial charge in [0.05, 0.1) is 7.11 Å². The normalized spacial score (nSPS) is 27.0. The second-order valence-electron chi connectivity index (χ2n) is 7.91. The van der Waals surface area contributed by atoms with E-state index in [1.807, 2.05) is 37.3 Å². The van der Waals surface area contributed by atoms with Crippen LogP contribution in [0.3, 0.4) is 0 Å². The van der Waals surface area contributed by atoms with Gasteiger partial charge in [0.1, 0.15) is 12.7 Å². The molecular formula is C22H33NO3. The van der Waals surface area contributed by atoms with Gasteiger partial charge in [-0.25, -0.2) is 0 Å². The lowest BCUT2D eigenvalue weighted by Crippen LogP contribution is -2.41. The molecule has 0 amide bonds. The van der Waals surface area contributed by atoms with Crippen molar-refractivity contribution in [1.29, 1.82) is 0 Å². The predicted molar refractivity (Wildman–Crippen MR) is 106 cm³/mol. The van der Waals surface area contributed by atoms with Gasteiger partial charge in [-0.3, -0.25) is 0 Å². The van der Waals surface area contributed by atoms with E-state index in [0.717, 1.165) is 23.3 Å². The topological polar surface area (TPSA) is 50.7 Å². The number of hydrogen-bond acceptors (Lipinski definition) is 4. The van der Waals surface area contributed by atoms with Gasteiger partial charge in [0, 0.05) is 12.6 Å². The third-order valence-electron chi connectivity index (χ3n) is 6.09. The van der Waals surface area contributed by atoms with Crippen LogP contribution in [-0.4, -0.2) is 37.5 Å². The molecule has 0 spiro atoms. The van der Waals surface area contributed by atoms with Crippen LogP contribution in [0.25, 0.3) is 6.08 Å². The summed E-state index contributed by atoms with van der Waals surface area (Å²) in [5.41, 5.74) is 1.07. The van der Waals surface area contributed by atoms with Gasteiger partial charge in [-0.05, 0) is 68.6 Å². The number of aliphatic hydroxyl groups excluding tert-OH is 1. The minimum Gasteiger partial charge on any atom is -0.493 e. The number of aliphatic hydroxyl groups is 1. The summed E-state index contributed by atoms with van der Waals surface area (Å²) in [4.78, 5) is 0. The molecule has 0 radical (unpaired) electrons. The first-order chi connectivity index (χ1) is 12.6. The number of benzene rings is 1. The summed E-state index contributed by atoms with van der Waals surface area (Å²) in [6.45, 7) is 5.07. The SMILES string of the molecule is CC=Cc1ccc(OCC(O)CNC(C)C2CC3CCC2C3)c(OC)c1. The van der Waals surface area contributed by atoms with Gasteiger partial charge in [-0.15, -0.1) is 0 Å². The minimum absolute atomic E-state index is 0.260. The number of fused-ring (bicyclic) bond motifs is 2. The molecule has 2 bridgehead atoms. The highest BCUT2D eigenvalue weighted by molar-refractivity contribution is 5.55. The van der Waals surface area contributed by atoms with E-state index in [0.29, 0.717) is 24.1 Å². The van der Waals surface area contributed by atoms with Gasteiger partial charge >= 0.3 is 0 Å². The van der Waals surface area contributed by atoms with Crippen molar-refractivity contribution in [3.05, 3.63) is 29.8 Å². The summed E-state index contributed by atoms with van der Waals surface area (Å²) >= 11 is 0. The molecule has 1 aromatic carbocycles. The zero-order chi connectivity index (χ0) is 18.5. The van der Waals surface area contributed by atoms with Crippen LogP contribution < -0.4 is 14.8 Å². The molecule has 0 saturated heterocycles. The predicted octanol–water partition coefficient (Wildman–Crippen LogP) is 3.88. The molecule has 2 aliphatic carbocycles. The van der Waals surface area contributed by atoms with Crippen LogP contribution >= 0.6 is 0 Å². The summed E-state index contributed by atoms with van der Waals surface area (Å²) in [5.74, 6) is 3.99. The Morgan fingerprint density at radius 1 is 1.27 bits per heavy atom. The largest absolute Gasteiger partial charge is 0.493 e. The van der Waals surface area contributed by atoms with Crippen LogP contribution in [0, 0.1) is 17.8 Å². The Morgan fingerprint density at radius 3 is 2.77 bits per heavy atom. The molecular weight excluding hydrogens is 326 g/mol. The smallest absolute Gasteiger partial charge is 0.161 e. The molecule has 26 heavy (non-hydrogen) atoms. The van der Waals surface area contributed by atoms with Crippen molar-refractivity contribution in [3.63, 3.8) is 0 Å². The van der Waals surface area contributed by atoms with Crippen LogP contribution in [-0.2, 0) is 0 Å². The van der Waals surface area contributed by atoms with E-state index in [1.54, 1.807) is 7.11 Å². The van der Waals surface area contributed by atoms with Gasteiger partial charge in [-0.1, -0.05) is 24.6 Å². The fourth-order valence-electron chi connectivity index (χ4n) is 4.72. The van der Waals surface area contributed by atoms with E-state index < -0.39 is 6.10 Å². The molecule has 1 aromatic rings. The van der Waals surface area contributed by atoms with Crippen molar-refractivity contribution in [2.75, 3.05) is 20.3 Å². The molecule has 3 rings (SSSR count). The Kier molecular flexibility index (Phi) is 6.60. The van der Waals surface area contributed by atoms with Gasteiger partial charge in [0.15, 0.2) is 11.5 Å². The lowest BCUT2D eigenvalue weighted by molar-refractivity contribution is 0.0978. The molecule has 5 atom stereocenters. The highest BCUT2D eigenvalue weighted by atomic mass is 16.5. The lowest BCUT2D eigenvalue weighted by Gasteiger charge is -2.29. The molecule has 2 N–H and O–H groups in total. The van der Waals surface area contributed by atoms with E-state index in [2.05, 4.69) is 12.2 Å². The Balaban J connectivity index is 1.44. The summed E-state index contributed by atoms with van der Waals surface area (Å²) in [6, 6.07) is 6.29. The number of ether oxygens (including phenoxy) is 2. The molecule has 2 fully saturated rings. The van der Waals surface area contributed by atoms with Crippen LogP contribution in [0.2, 0.25) is 0 Å². The number of hydrogen-bond donors (Lipinski definition) is 2. The summed E-state index contributed by atoms with van der Waals surface area (Å²) in [7, 11) is 1.64. The molecule has 4 heteroatoms. The molecule has 0 heterocycles. The van der Waals surface area contributed by atoms with Crippen LogP contribution in [0.5, 0.6) is 11.5 Å². The van der Waals surface area contributed by atoms with Gasteiger partial charge in [0.25, 0.3) is 0 Å². The fraction of sp³-hybridized carbons (Fsp3) is 0.636. The highest BCUT2D eigenvalue weighted by Gasteiger charge is 2.41. The third-order valence-corrected chi connectivity index (χ3v) is 6.09. The van der Waals surface area contributed by atoms with E-state index in [-0.39, 0.29) is 6.61 Å². The second kappa shape index (κ2) is 8.92. The number of nitrogens with one attached hydrogen (secondary N) is 1. The van der Waals surface area contributed by atoms with Crippen LogP contribution in [0.15, 0.2) is 24.3 Å². The van der Waals surface area contributed by atoms with E-state index in [4.69, 9.17) is 9.47 Å². The van der Waals surface area contributed by atoms with E-state index in [1.165, 1.54) is 25.7 Å². The highest BCUT2D eigenvalue weighted by Crippen LogP contribution is 2.49. The fourth-order valence-corrected chi connectivity index (χ4v) is 4.72. The molecule has 4 nitrogen and oxygen atoms in total. The molecule has 2 saturated carbocycles. The van der Waals surface area contributed by atoms with E-state index in [9.17, 15) is 5.11 Å². The first kappa shape index (κ1) is 19.2. The van der Waals surface area contributed by atoms with Crippen molar-refractivity contribution < 1.29 is 14.6 Å². The van der Waals surface area contributed by atoms with Crippen molar-refractivity contribution in [1.82, 2.24) is 5.32 Å².